The Morgan fingerprint density at radius 1 is 0.875 bits per heavy atom. The zero-order valence-corrected chi connectivity index (χ0v) is 13.9. The van der Waals surface area contributed by atoms with E-state index in [1.807, 2.05) is 30.3 Å². The molecule has 24 heavy (non-hydrogen) atoms. The third-order valence-electron chi connectivity index (χ3n) is 4.17. The van der Waals surface area contributed by atoms with Crippen molar-refractivity contribution in [3.05, 3.63) is 59.6 Å². The van der Waals surface area contributed by atoms with Crippen LogP contribution in [0.1, 0.15) is 0 Å². The Bertz CT molecular complexity index is 813. The molecule has 0 N–H and O–H groups in total. The third kappa shape index (κ3) is 3.08. The van der Waals surface area contributed by atoms with Gasteiger partial charge in [-0.25, -0.2) is 0 Å². The molecule has 0 radical (unpaired) electrons. The van der Waals surface area contributed by atoms with E-state index in [0.717, 1.165) is 31.7 Å². The van der Waals surface area contributed by atoms with Crippen LogP contribution in [0.4, 0.5) is 11.7 Å². The first-order valence-electron chi connectivity index (χ1n) is 7.94. The van der Waals surface area contributed by atoms with Gasteiger partial charge < -0.3 is 14.3 Å². The average molecular weight is 341 g/mol. The minimum Gasteiger partial charge on any atom is -0.368 e. The van der Waals surface area contributed by atoms with Crippen molar-refractivity contribution in [2.45, 2.75) is 0 Å². The van der Waals surface area contributed by atoms with Crippen molar-refractivity contribution in [1.29, 1.82) is 0 Å². The van der Waals surface area contributed by atoms with E-state index < -0.39 is 0 Å². The van der Waals surface area contributed by atoms with Gasteiger partial charge in [-0.3, -0.25) is 0 Å². The first-order chi connectivity index (χ1) is 11.8. The molecule has 1 aliphatic rings. The Morgan fingerprint density at radius 3 is 2.38 bits per heavy atom. The Hall–Kier alpha value is -2.53. The van der Waals surface area contributed by atoms with E-state index in [1.54, 1.807) is 0 Å². The third-order valence-corrected chi connectivity index (χ3v) is 4.40. The van der Waals surface area contributed by atoms with Crippen molar-refractivity contribution in [3.63, 3.8) is 0 Å². The van der Waals surface area contributed by atoms with Crippen molar-refractivity contribution in [3.8, 4) is 11.4 Å². The highest BCUT2D eigenvalue weighted by molar-refractivity contribution is 6.30. The van der Waals surface area contributed by atoms with Crippen molar-refractivity contribution >= 4 is 23.3 Å². The largest absolute Gasteiger partial charge is 0.368 e. The molecular weight excluding hydrogens is 324 g/mol. The van der Waals surface area contributed by atoms with Gasteiger partial charge in [0.2, 0.25) is 5.82 Å². The maximum absolute atomic E-state index is 6.02. The lowest BCUT2D eigenvalue weighted by Crippen LogP contribution is -2.46. The lowest BCUT2D eigenvalue weighted by Gasteiger charge is -2.34. The number of hydrogen-bond donors (Lipinski definition) is 0. The highest BCUT2D eigenvalue weighted by Crippen LogP contribution is 2.24. The molecule has 0 unspecified atom stereocenters. The topological polar surface area (TPSA) is 45.4 Å². The van der Waals surface area contributed by atoms with Crippen LogP contribution >= 0.6 is 11.6 Å². The number of hydrogen-bond acceptors (Lipinski definition) is 5. The first kappa shape index (κ1) is 15.0. The van der Waals surface area contributed by atoms with E-state index in [4.69, 9.17) is 16.1 Å². The summed E-state index contributed by atoms with van der Waals surface area (Å²) < 4.78 is 5.44. The van der Waals surface area contributed by atoms with Gasteiger partial charge in [-0.2, -0.15) is 4.98 Å². The smallest absolute Gasteiger partial charge is 0.324 e. The number of aromatic nitrogens is 2. The zero-order chi connectivity index (χ0) is 16.4. The molecule has 3 aromatic rings. The van der Waals surface area contributed by atoms with Gasteiger partial charge in [-0.15, -0.1) is 0 Å². The van der Waals surface area contributed by atoms with Crippen LogP contribution in [0, 0.1) is 0 Å². The van der Waals surface area contributed by atoms with Crippen LogP contribution < -0.4 is 9.80 Å². The molecule has 2 heterocycles. The summed E-state index contributed by atoms with van der Waals surface area (Å²) in [7, 11) is 0. The van der Waals surface area contributed by atoms with Crippen LogP contribution in [0.3, 0.4) is 0 Å². The van der Waals surface area contributed by atoms with Crippen LogP contribution in [-0.4, -0.2) is 36.3 Å². The second-order valence-electron chi connectivity index (χ2n) is 5.72. The molecule has 0 spiro atoms. The molecule has 1 aromatic heterocycles. The normalized spacial score (nSPS) is 14.9. The lowest BCUT2D eigenvalue weighted by atomic mass is 10.2. The molecule has 2 aromatic carbocycles. The monoisotopic (exact) mass is 340 g/mol. The Labute approximate surface area is 145 Å². The average Bonchev–Trinajstić information content (AvgIpc) is 3.13. The molecule has 1 fully saturated rings. The summed E-state index contributed by atoms with van der Waals surface area (Å²) in [6.45, 7) is 3.57. The Balaban J connectivity index is 1.45. The minimum atomic E-state index is 0.567. The molecule has 5 nitrogen and oxygen atoms in total. The quantitative estimate of drug-likeness (QED) is 0.727. The maximum atomic E-state index is 6.02. The molecule has 4 rings (SSSR count). The van der Waals surface area contributed by atoms with E-state index in [9.17, 15) is 0 Å². The van der Waals surface area contributed by atoms with Gasteiger partial charge in [0.05, 0.1) is 0 Å². The molecule has 0 aliphatic carbocycles. The van der Waals surface area contributed by atoms with Crippen LogP contribution in [0.5, 0.6) is 0 Å². The summed E-state index contributed by atoms with van der Waals surface area (Å²) in [5, 5.41) is 4.74. The number of nitrogens with zero attached hydrogens (tertiary/aromatic N) is 4. The minimum absolute atomic E-state index is 0.567. The van der Waals surface area contributed by atoms with Crippen molar-refractivity contribution in [2.24, 2.45) is 0 Å². The first-order valence-corrected chi connectivity index (χ1v) is 8.32. The fraction of sp³-hybridized carbons (Fsp3) is 0.222. The van der Waals surface area contributed by atoms with Gasteiger partial charge in [0.1, 0.15) is 0 Å². The molecule has 1 aliphatic heterocycles. The van der Waals surface area contributed by atoms with Crippen molar-refractivity contribution in [1.82, 2.24) is 10.1 Å². The van der Waals surface area contributed by atoms with Gasteiger partial charge in [0.25, 0.3) is 0 Å². The van der Waals surface area contributed by atoms with E-state index in [0.29, 0.717) is 16.9 Å². The van der Waals surface area contributed by atoms with Crippen molar-refractivity contribution < 1.29 is 4.52 Å². The molecule has 0 saturated carbocycles. The number of anilines is 2. The molecule has 0 amide bonds. The summed E-state index contributed by atoms with van der Waals surface area (Å²) >= 11 is 6.02. The van der Waals surface area contributed by atoms with Crippen LogP contribution in [0.25, 0.3) is 11.4 Å². The molecule has 0 atom stereocenters. The van der Waals surface area contributed by atoms with Crippen molar-refractivity contribution in [2.75, 3.05) is 36.0 Å². The SMILES string of the molecule is Clc1cccc(-c2noc(N3CCN(c4ccccc4)CC3)n2)c1. The van der Waals surface area contributed by atoms with E-state index in [1.165, 1.54) is 5.69 Å². The number of piperazine rings is 1. The summed E-state index contributed by atoms with van der Waals surface area (Å²) in [5.74, 6) is 0.568. The zero-order valence-electron chi connectivity index (χ0n) is 13.1. The number of para-hydroxylation sites is 1. The predicted octanol–water partition coefficient (Wildman–Crippen LogP) is 3.72. The lowest BCUT2D eigenvalue weighted by molar-refractivity contribution is 0.409. The second-order valence-corrected chi connectivity index (χ2v) is 6.16. The predicted molar refractivity (Wildman–Crippen MR) is 95.6 cm³/mol. The Morgan fingerprint density at radius 2 is 1.62 bits per heavy atom. The fourth-order valence-electron chi connectivity index (χ4n) is 2.88. The summed E-state index contributed by atoms with van der Waals surface area (Å²) in [4.78, 5) is 9.01. The standard InChI is InChI=1S/C18H17ClN4O/c19-15-6-4-5-14(13-15)17-20-18(24-21-17)23-11-9-22(10-12-23)16-7-2-1-3-8-16/h1-8,13H,9-12H2. The van der Waals surface area contributed by atoms with Gasteiger partial charge in [0.15, 0.2) is 0 Å². The molecule has 6 heteroatoms. The highest BCUT2D eigenvalue weighted by atomic mass is 35.5. The Kier molecular flexibility index (Phi) is 4.09. The molecule has 1 saturated heterocycles. The van der Waals surface area contributed by atoms with Gasteiger partial charge >= 0.3 is 6.01 Å². The van der Waals surface area contributed by atoms with E-state index in [-0.39, 0.29) is 0 Å². The highest BCUT2D eigenvalue weighted by Gasteiger charge is 2.22. The van der Waals surface area contributed by atoms with E-state index in [2.05, 4.69) is 44.2 Å². The summed E-state index contributed by atoms with van der Waals surface area (Å²) in [5.41, 5.74) is 2.11. The molecule has 122 valence electrons. The number of benzene rings is 2. The van der Waals surface area contributed by atoms with E-state index >= 15 is 0 Å². The number of rotatable bonds is 3. The molecule has 0 bridgehead atoms. The van der Waals surface area contributed by atoms with Gasteiger partial charge in [-0.1, -0.05) is 47.1 Å². The summed E-state index contributed by atoms with van der Waals surface area (Å²) in [6, 6.07) is 18.5. The molecular formula is C18H17ClN4O. The second kappa shape index (κ2) is 6.53. The summed E-state index contributed by atoms with van der Waals surface area (Å²) in [6.07, 6.45) is 0. The number of halogens is 1. The van der Waals surface area contributed by atoms with Gasteiger partial charge in [0, 0.05) is 42.5 Å². The van der Waals surface area contributed by atoms with Crippen LogP contribution in [0.2, 0.25) is 5.02 Å². The van der Waals surface area contributed by atoms with Gasteiger partial charge in [-0.05, 0) is 24.3 Å². The van der Waals surface area contributed by atoms with Crippen LogP contribution in [-0.2, 0) is 0 Å². The fourth-order valence-corrected chi connectivity index (χ4v) is 3.07. The maximum Gasteiger partial charge on any atom is 0.324 e. The van der Waals surface area contributed by atoms with Crippen LogP contribution in [0.15, 0.2) is 59.1 Å².